The lowest BCUT2D eigenvalue weighted by Gasteiger charge is -2.38. The van der Waals surface area contributed by atoms with Crippen LogP contribution in [-0.2, 0) is 6.42 Å². The molecule has 1 saturated carbocycles. The van der Waals surface area contributed by atoms with Crippen LogP contribution in [0.2, 0.25) is 0 Å². The van der Waals surface area contributed by atoms with Gasteiger partial charge in [-0.3, -0.25) is 4.99 Å². The van der Waals surface area contributed by atoms with Gasteiger partial charge in [0, 0.05) is 43.8 Å². The van der Waals surface area contributed by atoms with Crippen LogP contribution >= 0.6 is 24.0 Å². The molecule has 2 aromatic rings. The van der Waals surface area contributed by atoms with Crippen molar-refractivity contribution in [3.8, 4) is 0 Å². The van der Waals surface area contributed by atoms with E-state index < -0.39 is 0 Å². The van der Waals surface area contributed by atoms with Gasteiger partial charge in [0.05, 0.1) is 0 Å². The third-order valence-corrected chi connectivity index (χ3v) is 5.77. The van der Waals surface area contributed by atoms with E-state index in [0.717, 1.165) is 42.9 Å². The predicted octanol–water partition coefficient (Wildman–Crippen LogP) is 3.92. The second kappa shape index (κ2) is 7.51. The molecule has 0 amide bonds. The summed E-state index contributed by atoms with van der Waals surface area (Å²) in [5.74, 6) is 0.818. The minimum absolute atomic E-state index is 0. The maximum absolute atomic E-state index is 13.3. The van der Waals surface area contributed by atoms with E-state index in [4.69, 9.17) is 0 Å². The summed E-state index contributed by atoms with van der Waals surface area (Å²) in [6.07, 6.45) is 8.33. The number of aliphatic imine (C=N–C) groups is 1. The number of likely N-dealkylation sites (tertiary alicyclic amines) is 1. The van der Waals surface area contributed by atoms with E-state index in [9.17, 15) is 4.39 Å². The number of nitrogens with one attached hydrogen (secondary N) is 2. The third-order valence-electron chi connectivity index (χ3n) is 5.77. The van der Waals surface area contributed by atoms with Gasteiger partial charge in [0.15, 0.2) is 5.96 Å². The lowest BCUT2D eigenvalue weighted by Crippen LogP contribution is -2.43. The molecule has 1 aliphatic heterocycles. The zero-order valence-electron chi connectivity index (χ0n) is 14.6. The number of aromatic nitrogens is 1. The molecule has 2 heterocycles. The molecule has 0 radical (unpaired) electrons. The first kappa shape index (κ1) is 18.5. The highest BCUT2D eigenvalue weighted by molar-refractivity contribution is 14.0. The minimum Gasteiger partial charge on any atom is -0.361 e. The second-order valence-electron chi connectivity index (χ2n) is 7.25. The molecule has 136 valence electrons. The fourth-order valence-electron chi connectivity index (χ4n) is 4.21. The van der Waals surface area contributed by atoms with Crippen molar-refractivity contribution in [2.75, 3.05) is 26.7 Å². The van der Waals surface area contributed by atoms with Crippen molar-refractivity contribution in [3.63, 3.8) is 0 Å². The topological polar surface area (TPSA) is 43.4 Å². The molecular formula is C19H26FIN4. The number of rotatable bonds is 3. The Morgan fingerprint density at radius 2 is 2.20 bits per heavy atom. The predicted molar refractivity (Wildman–Crippen MR) is 111 cm³/mol. The summed E-state index contributed by atoms with van der Waals surface area (Å²) < 4.78 is 13.3. The summed E-state index contributed by atoms with van der Waals surface area (Å²) in [7, 11) is 1.86. The molecule has 4 nitrogen and oxygen atoms in total. The number of fused-ring (bicyclic) bond motifs is 1. The summed E-state index contributed by atoms with van der Waals surface area (Å²) in [5, 5.41) is 4.60. The molecule has 25 heavy (non-hydrogen) atoms. The Kier molecular flexibility index (Phi) is 5.55. The van der Waals surface area contributed by atoms with E-state index in [2.05, 4.69) is 20.2 Å². The largest absolute Gasteiger partial charge is 0.361 e. The summed E-state index contributed by atoms with van der Waals surface area (Å²) in [4.78, 5) is 10.0. The molecule has 1 aromatic heterocycles. The fraction of sp³-hybridized carbons (Fsp3) is 0.526. The maximum atomic E-state index is 13.3. The first-order chi connectivity index (χ1) is 11.7. The average Bonchev–Trinajstić information content (AvgIpc) is 3.16. The zero-order valence-corrected chi connectivity index (χ0v) is 17.0. The Hall–Kier alpha value is -1.31. The number of aromatic amines is 1. The number of nitrogens with zero attached hydrogens (tertiary/aromatic N) is 2. The quantitative estimate of drug-likeness (QED) is 0.418. The van der Waals surface area contributed by atoms with Crippen LogP contribution in [-0.4, -0.2) is 42.5 Å². The molecule has 6 heteroatoms. The molecule has 1 saturated heterocycles. The van der Waals surface area contributed by atoms with Gasteiger partial charge < -0.3 is 15.2 Å². The lowest BCUT2D eigenvalue weighted by atomic mass is 9.68. The van der Waals surface area contributed by atoms with Gasteiger partial charge in [0.2, 0.25) is 0 Å². The summed E-state index contributed by atoms with van der Waals surface area (Å²) >= 11 is 0. The number of hydrogen-bond acceptors (Lipinski definition) is 1. The van der Waals surface area contributed by atoms with Crippen molar-refractivity contribution in [3.05, 3.63) is 35.8 Å². The van der Waals surface area contributed by atoms with Gasteiger partial charge in [-0.1, -0.05) is 6.42 Å². The van der Waals surface area contributed by atoms with Crippen LogP contribution in [0.4, 0.5) is 4.39 Å². The van der Waals surface area contributed by atoms with Crippen LogP contribution in [0, 0.1) is 11.2 Å². The minimum atomic E-state index is -0.201. The Balaban J connectivity index is 0.00000182. The van der Waals surface area contributed by atoms with Crippen molar-refractivity contribution < 1.29 is 4.39 Å². The smallest absolute Gasteiger partial charge is 0.193 e. The monoisotopic (exact) mass is 456 g/mol. The normalized spacial score (nSPS) is 19.1. The highest BCUT2D eigenvalue weighted by atomic mass is 127. The van der Waals surface area contributed by atoms with Gasteiger partial charge in [0.25, 0.3) is 0 Å². The Bertz CT molecular complexity index is 766. The Labute approximate surface area is 165 Å². The molecule has 0 atom stereocenters. The molecule has 1 aliphatic carbocycles. The average molecular weight is 456 g/mol. The highest BCUT2D eigenvalue weighted by Gasteiger charge is 2.43. The lowest BCUT2D eigenvalue weighted by molar-refractivity contribution is 0.151. The van der Waals surface area contributed by atoms with Crippen LogP contribution < -0.4 is 5.32 Å². The molecule has 2 fully saturated rings. The van der Waals surface area contributed by atoms with Crippen molar-refractivity contribution in [1.29, 1.82) is 0 Å². The van der Waals surface area contributed by atoms with Gasteiger partial charge in [-0.15, -0.1) is 24.0 Å². The molecule has 1 spiro atoms. The highest BCUT2D eigenvalue weighted by Crippen LogP contribution is 2.47. The fourth-order valence-corrected chi connectivity index (χ4v) is 4.21. The number of H-pyrrole nitrogens is 1. The van der Waals surface area contributed by atoms with E-state index in [1.807, 2.05) is 19.3 Å². The van der Waals surface area contributed by atoms with E-state index in [0.29, 0.717) is 5.41 Å². The van der Waals surface area contributed by atoms with Crippen LogP contribution in [0.25, 0.3) is 10.9 Å². The van der Waals surface area contributed by atoms with Gasteiger partial charge in [-0.2, -0.15) is 0 Å². The van der Waals surface area contributed by atoms with Crippen LogP contribution in [0.3, 0.4) is 0 Å². The molecule has 2 N–H and O–H groups in total. The van der Waals surface area contributed by atoms with Crippen molar-refractivity contribution in [2.45, 2.75) is 32.1 Å². The molecular weight excluding hydrogens is 430 g/mol. The summed E-state index contributed by atoms with van der Waals surface area (Å²) in [6.45, 7) is 3.10. The molecule has 1 aromatic carbocycles. The van der Waals surface area contributed by atoms with Gasteiger partial charge in [0.1, 0.15) is 5.82 Å². The summed E-state index contributed by atoms with van der Waals surface area (Å²) in [6, 6.07) is 4.92. The number of benzene rings is 1. The van der Waals surface area contributed by atoms with Crippen molar-refractivity contribution in [1.82, 2.24) is 15.2 Å². The van der Waals surface area contributed by atoms with Gasteiger partial charge >= 0.3 is 0 Å². The molecule has 0 unspecified atom stereocenters. The first-order valence-electron chi connectivity index (χ1n) is 8.90. The molecule has 4 rings (SSSR count). The van der Waals surface area contributed by atoms with E-state index in [-0.39, 0.29) is 29.8 Å². The second-order valence-corrected chi connectivity index (χ2v) is 7.25. The van der Waals surface area contributed by atoms with Crippen LogP contribution in [0.15, 0.2) is 29.4 Å². The number of hydrogen-bond donors (Lipinski definition) is 2. The van der Waals surface area contributed by atoms with Crippen LogP contribution in [0.1, 0.15) is 31.2 Å². The number of halogens is 2. The van der Waals surface area contributed by atoms with E-state index in [1.165, 1.54) is 37.3 Å². The van der Waals surface area contributed by atoms with Crippen molar-refractivity contribution in [2.24, 2.45) is 10.4 Å². The zero-order chi connectivity index (χ0) is 16.6. The third kappa shape index (κ3) is 3.64. The van der Waals surface area contributed by atoms with Crippen LogP contribution in [0.5, 0.6) is 0 Å². The van der Waals surface area contributed by atoms with Gasteiger partial charge in [-0.25, -0.2) is 4.39 Å². The standard InChI is InChI=1S/C19H25FN4.HI/c1-21-18(24-10-8-19(13-24)6-2-7-19)22-9-5-14-12-23-17-11-15(20)3-4-16(14)17;/h3-4,11-12,23H,2,5-10,13H2,1H3,(H,21,22);1H. The maximum Gasteiger partial charge on any atom is 0.193 e. The SMILES string of the molecule is CN=C(NCCc1c[nH]c2cc(F)ccc12)N1CCC2(CCC2)C1.I. The first-order valence-corrected chi connectivity index (χ1v) is 8.90. The number of guanidine groups is 1. The molecule has 0 bridgehead atoms. The summed E-state index contributed by atoms with van der Waals surface area (Å²) in [5.41, 5.74) is 2.66. The molecule has 2 aliphatic rings. The Morgan fingerprint density at radius 3 is 2.88 bits per heavy atom. The van der Waals surface area contributed by atoms with E-state index in [1.54, 1.807) is 6.07 Å². The Morgan fingerprint density at radius 1 is 1.36 bits per heavy atom. The van der Waals surface area contributed by atoms with E-state index >= 15 is 0 Å². The van der Waals surface area contributed by atoms with Gasteiger partial charge in [-0.05, 0) is 54.9 Å². The van der Waals surface area contributed by atoms with Crippen molar-refractivity contribution >= 4 is 40.8 Å².